The summed E-state index contributed by atoms with van der Waals surface area (Å²) >= 11 is 0. The molecule has 1 aliphatic carbocycles. The Kier molecular flexibility index (Phi) is 4.10. The Morgan fingerprint density at radius 2 is 1.94 bits per heavy atom. The van der Waals surface area contributed by atoms with Crippen molar-refractivity contribution in [2.45, 2.75) is 72.0 Å². The molecule has 0 bridgehead atoms. The predicted octanol–water partition coefficient (Wildman–Crippen LogP) is 3.48. The minimum Gasteiger partial charge on any atom is -0.310 e. The van der Waals surface area contributed by atoms with Crippen molar-refractivity contribution in [2.24, 2.45) is 5.92 Å². The molecular formula is C15H27N3. The van der Waals surface area contributed by atoms with Crippen LogP contribution in [0, 0.1) is 5.92 Å². The van der Waals surface area contributed by atoms with Crippen molar-refractivity contribution in [3.05, 3.63) is 17.5 Å². The van der Waals surface area contributed by atoms with E-state index in [0.29, 0.717) is 18.0 Å². The van der Waals surface area contributed by atoms with Gasteiger partial charge in [-0.05, 0) is 31.6 Å². The molecule has 1 saturated carbocycles. The lowest BCUT2D eigenvalue weighted by Gasteiger charge is -2.19. The maximum atomic E-state index is 4.65. The Labute approximate surface area is 111 Å². The van der Waals surface area contributed by atoms with Crippen molar-refractivity contribution in [3.63, 3.8) is 0 Å². The third kappa shape index (κ3) is 2.94. The van der Waals surface area contributed by atoms with Crippen molar-refractivity contribution >= 4 is 0 Å². The zero-order valence-corrected chi connectivity index (χ0v) is 12.4. The second-order valence-electron chi connectivity index (χ2n) is 6.27. The highest BCUT2D eigenvalue weighted by Gasteiger charge is 2.31. The SMILES string of the molecule is CC(C)NCc1cnn(C(C)C2CC2)c1C(C)C. The van der Waals surface area contributed by atoms with Crippen LogP contribution in [0.5, 0.6) is 0 Å². The minimum atomic E-state index is 0.522. The quantitative estimate of drug-likeness (QED) is 0.836. The molecule has 0 radical (unpaired) electrons. The molecule has 1 fully saturated rings. The largest absolute Gasteiger partial charge is 0.310 e. The topological polar surface area (TPSA) is 29.9 Å². The number of nitrogens with one attached hydrogen (secondary N) is 1. The molecule has 1 aromatic rings. The van der Waals surface area contributed by atoms with Crippen LogP contribution in [0.25, 0.3) is 0 Å². The van der Waals surface area contributed by atoms with Crippen LogP contribution in [-0.4, -0.2) is 15.8 Å². The van der Waals surface area contributed by atoms with Crippen LogP contribution >= 0.6 is 0 Å². The normalized spacial score (nSPS) is 17.7. The molecule has 0 aromatic carbocycles. The Morgan fingerprint density at radius 3 is 2.44 bits per heavy atom. The van der Waals surface area contributed by atoms with Crippen LogP contribution in [-0.2, 0) is 6.54 Å². The lowest BCUT2D eigenvalue weighted by Crippen LogP contribution is -2.23. The first-order valence-electron chi connectivity index (χ1n) is 7.30. The van der Waals surface area contributed by atoms with E-state index >= 15 is 0 Å². The highest BCUT2D eigenvalue weighted by atomic mass is 15.3. The van der Waals surface area contributed by atoms with Gasteiger partial charge < -0.3 is 5.32 Å². The van der Waals surface area contributed by atoms with Crippen molar-refractivity contribution in [1.82, 2.24) is 15.1 Å². The van der Waals surface area contributed by atoms with Crippen LogP contribution in [0.15, 0.2) is 6.20 Å². The maximum absolute atomic E-state index is 4.65. The summed E-state index contributed by atoms with van der Waals surface area (Å²) in [5.74, 6) is 1.39. The smallest absolute Gasteiger partial charge is 0.0537 e. The van der Waals surface area contributed by atoms with E-state index in [1.165, 1.54) is 24.1 Å². The minimum absolute atomic E-state index is 0.522. The van der Waals surface area contributed by atoms with Gasteiger partial charge in [-0.3, -0.25) is 4.68 Å². The number of hydrogen-bond acceptors (Lipinski definition) is 2. The molecule has 0 spiro atoms. The highest BCUT2D eigenvalue weighted by molar-refractivity contribution is 5.22. The van der Waals surface area contributed by atoms with Gasteiger partial charge in [-0.25, -0.2) is 0 Å². The van der Waals surface area contributed by atoms with Crippen molar-refractivity contribution in [3.8, 4) is 0 Å². The van der Waals surface area contributed by atoms with Crippen LogP contribution in [0.3, 0.4) is 0 Å². The van der Waals surface area contributed by atoms with Gasteiger partial charge in [0.25, 0.3) is 0 Å². The predicted molar refractivity (Wildman–Crippen MR) is 75.7 cm³/mol. The summed E-state index contributed by atoms with van der Waals surface area (Å²) in [5.41, 5.74) is 2.79. The summed E-state index contributed by atoms with van der Waals surface area (Å²) < 4.78 is 2.28. The van der Waals surface area contributed by atoms with Gasteiger partial charge in [0.15, 0.2) is 0 Å². The average molecular weight is 249 g/mol. The fraction of sp³-hybridized carbons (Fsp3) is 0.800. The first-order valence-corrected chi connectivity index (χ1v) is 7.30. The van der Waals surface area contributed by atoms with E-state index in [1.54, 1.807) is 0 Å². The van der Waals surface area contributed by atoms with E-state index in [2.05, 4.69) is 55.9 Å². The number of nitrogens with zero attached hydrogens (tertiary/aromatic N) is 2. The van der Waals surface area contributed by atoms with Gasteiger partial charge in [-0.2, -0.15) is 5.10 Å². The van der Waals surface area contributed by atoms with E-state index in [4.69, 9.17) is 0 Å². The second kappa shape index (κ2) is 5.43. The van der Waals surface area contributed by atoms with Gasteiger partial charge in [0.05, 0.1) is 12.2 Å². The summed E-state index contributed by atoms with van der Waals surface area (Å²) in [7, 11) is 0. The van der Waals surface area contributed by atoms with Crippen LogP contribution < -0.4 is 5.32 Å². The zero-order valence-electron chi connectivity index (χ0n) is 12.4. The Hall–Kier alpha value is -0.830. The van der Waals surface area contributed by atoms with Crippen LogP contribution in [0.2, 0.25) is 0 Å². The first-order chi connectivity index (χ1) is 8.50. The summed E-state index contributed by atoms with van der Waals surface area (Å²) in [6, 6.07) is 1.09. The zero-order chi connectivity index (χ0) is 13.3. The molecule has 1 N–H and O–H groups in total. The van der Waals surface area contributed by atoms with Crippen LogP contribution in [0.4, 0.5) is 0 Å². The van der Waals surface area contributed by atoms with Gasteiger partial charge in [0.2, 0.25) is 0 Å². The molecule has 1 aromatic heterocycles. The van der Waals surface area contributed by atoms with Crippen molar-refractivity contribution < 1.29 is 0 Å². The lowest BCUT2D eigenvalue weighted by molar-refractivity contribution is 0.417. The molecule has 1 atom stereocenters. The molecular weight excluding hydrogens is 222 g/mol. The monoisotopic (exact) mass is 249 g/mol. The highest BCUT2D eigenvalue weighted by Crippen LogP contribution is 2.40. The molecule has 0 aliphatic heterocycles. The van der Waals surface area contributed by atoms with E-state index in [1.807, 2.05) is 0 Å². The van der Waals surface area contributed by atoms with Crippen LogP contribution in [0.1, 0.15) is 70.7 Å². The molecule has 1 unspecified atom stereocenters. The van der Waals surface area contributed by atoms with E-state index in [0.717, 1.165) is 12.5 Å². The molecule has 102 valence electrons. The molecule has 0 saturated heterocycles. The fourth-order valence-electron chi connectivity index (χ4n) is 2.60. The molecule has 3 nitrogen and oxygen atoms in total. The molecule has 1 heterocycles. The van der Waals surface area contributed by atoms with E-state index in [-0.39, 0.29) is 0 Å². The second-order valence-corrected chi connectivity index (χ2v) is 6.27. The Morgan fingerprint density at radius 1 is 1.28 bits per heavy atom. The van der Waals surface area contributed by atoms with Crippen molar-refractivity contribution in [2.75, 3.05) is 0 Å². The summed E-state index contributed by atoms with van der Waals surface area (Å²) in [5, 5.41) is 8.15. The van der Waals surface area contributed by atoms with E-state index in [9.17, 15) is 0 Å². The van der Waals surface area contributed by atoms with Gasteiger partial charge in [0, 0.05) is 23.8 Å². The van der Waals surface area contributed by atoms with Crippen molar-refractivity contribution in [1.29, 1.82) is 0 Å². The third-order valence-electron chi connectivity index (χ3n) is 3.85. The summed E-state index contributed by atoms with van der Waals surface area (Å²) in [4.78, 5) is 0. The maximum Gasteiger partial charge on any atom is 0.0537 e. The van der Waals surface area contributed by atoms with Gasteiger partial charge in [-0.15, -0.1) is 0 Å². The molecule has 3 heteroatoms. The van der Waals surface area contributed by atoms with Gasteiger partial charge in [0.1, 0.15) is 0 Å². The standard InChI is InChI=1S/C15H27N3/c1-10(2)15-14(8-16-11(3)4)9-17-18(15)12(5)13-6-7-13/h9-13,16H,6-8H2,1-5H3. The number of rotatable bonds is 6. The Balaban J connectivity index is 2.19. The summed E-state index contributed by atoms with van der Waals surface area (Å²) in [6.45, 7) is 12.2. The molecule has 2 rings (SSSR count). The molecule has 1 aliphatic rings. The van der Waals surface area contributed by atoms with Gasteiger partial charge >= 0.3 is 0 Å². The Bertz CT molecular complexity index is 388. The van der Waals surface area contributed by atoms with Gasteiger partial charge in [-0.1, -0.05) is 27.7 Å². The first kappa shape index (κ1) is 13.6. The number of hydrogen-bond donors (Lipinski definition) is 1. The number of aromatic nitrogens is 2. The lowest BCUT2D eigenvalue weighted by atomic mass is 10.0. The third-order valence-corrected chi connectivity index (χ3v) is 3.85. The molecule has 0 amide bonds. The average Bonchev–Trinajstić information content (AvgIpc) is 3.04. The summed E-state index contributed by atoms with van der Waals surface area (Å²) in [6.07, 6.45) is 4.81. The fourth-order valence-corrected chi connectivity index (χ4v) is 2.60. The molecule has 18 heavy (non-hydrogen) atoms. The van der Waals surface area contributed by atoms with E-state index < -0.39 is 0 Å².